The van der Waals surface area contributed by atoms with E-state index in [1.807, 2.05) is 19.1 Å². The zero-order valence-electron chi connectivity index (χ0n) is 16.3. The lowest BCUT2D eigenvalue weighted by Crippen LogP contribution is -2.42. The molecule has 1 aliphatic heterocycles. The van der Waals surface area contributed by atoms with Gasteiger partial charge in [0.2, 0.25) is 5.91 Å². The molecule has 1 aromatic heterocycles. The van der Waals surface area contributed by atoms with Crippen molar-refractivity contribution < 1.29 is 23.9 Å². The van der Waals surface area contributed by atoms with Gasteiger partial charge in [0.1, 0.15) is 17.1 Å². The average Bonchev–Trinajstić information content (AvgIpc) is 3.21. The number of nitrogens with zero attached hydrogens (tertiary/aromatic N) is 1. The van der Waals surface area contributed by atoms with Crippen LogP contribution >= 0.6 is 11.3 Å². The Kier molecular flexibility index (Phi) is 5.69. The summed E-state index contributed by atoms with van der Waals surface area (Å²) < 4.78 is 4.95. The lowest BCUT2D eigenvalue weighted by atomic mass is 9.91. The van der Waals surface area contributed by atoms with Gasteiger partial charge in [0, 0.05) is 0 Å². The van der Waals surface area contributed by atoms with Gasteiger partial charge in [-0.2, -0.15) is 0 Å². The van der Waals surface area contributed by atoms with E-state index in [9.17, 15) is 19.2 Å². The number of hydrogen-bond acceptors (Lipinski definition) is 6. The topological polar surface area (TPSA) is 105 Å². The molecule has 0 spiro atoms. The van der Waals surface area contributed by atoms with Gasteiger partial charge in [-0.3, -0.25) is 14.5 Å². The molecule has 2 N–H and O–H groups in total. The van der Waals surface area contributed by atoms with Crippen LogP contribution in [-0.4, -0.2) is 41.9 Å². The van der Waals surface area contributed by atoms with Crippen LogP contribution in [0.1, 0.15) is 35.3 Å². The van der Waals surface area contributed by atoms with E-state index >= 15 is 0 Å². The summed E-state index contributed by atoms with van der Waals surface area (Å²) in [5, 5.41) is 7.19. The molecule has 1 aliphatic rings. The SMILES string of the molecule is CCOC(=O)c1ccsc1NC(=O)CN1C(=O)N[C@@](C)(c2ccc(C)cc2)C1=O. The predicted octanol–water partition coefficient (Wildman–Crippen LogP) is 2.64. The third-order valence-corrected chi connectivity index (χ3v) is 5.45. The molecule has 1 atom stereocenters. The lowest BCUT2D eigenvalue weighted by Gasteiger charge is -2.22. The number of carbonyl (C=O) groups is 4. The number of urea groups is 1. The van der Waals surface area contributed by atoms with E-state index in [4.69, 9.17) is 4.74 Å². The minimum Gasteiger partial charge on any atom is -0.462 e. The minimum absolute atomic E-state index is 0.210. The molecule has 3 rings (SSSR count). The van der Waals surface area contributed by atoms with Crippen LogP contribution in [0.2, 0.25) is 0 Å². The summed E-state index contributed by atoms with van der Waals surface area (Å²) in [4.78, 5) is 50.5. The van der Waals surface area contributed by atoms with Gasteiger partial charge in [-0.05, 0) is 37.8 Å². The normalized spacial score (nSPS) is 18.5. The molecule has 0 radical (unpaired) electrons. The van der Waals surface area contributed by atoms with Crippen LogP contribution in [0.4, 0.5) is 9.80 Å². The van der Waals surface area contributed by atoms with Gasteiger partial charge >= 0.3 is 12.0 Å². The first-order chi connectivity index (χ1) is 13.8. The Hall–Kier alpha value is -3.20. The monoisotopic (exact) mass is 415 g/mol. The Morgan fingerprint density at radius 3 is 2.55 bits per heavy atom. The van der Waals surface area contributed by atoms with E-state index in [0.717, 1.165) is 21.8 Å². The second-order valence-electron chi connectivity index (χ2n) is 6.74. The number of ether oxygens (including phenoxy) is 1. The van der Waals surface area contributed by atoms with Gasteiger partial charge in [-0.1, -0.05) is 29.8 Å². The molecule has 0 bridgehead atoms. The average molecular weight is 415 g/mol. The predicted molar refractivity (Wildman–Crippen MR) is 108 cm³/mol. The quantitative estimate of drug-likeness (QED) is 0.557. The number of rotatable bonds is 6. The standard InChI is InChI=1S/C20H21N3O5S/c1-4-28-17(25)14-9-10-29-16(14)21-15(24)11-23-18(26)20(3,22-19(23)27)13-7-5-12(2)6-8-13/h5-10H,4,11H2,1-3H3,(H,21,24)(H,22,27)/t20-/m0/s1. The Morgan fingerprint density at radius 2 is 1.90 bits per heavy atom. The highest BCUT2D eigenvalue weighted by Gasteiger charge is 2.49. The molecule has 2 heterocycles. The Balaban J connectivity index is 1.72. The molecule has 152 valence electrons. The van der Waals surface area contributed by atoms with Crippen molar-refractivity contribution in [3.05, 3.63) is 52.4 Å². The van der Waals surface area contributed by atoms with Crippen LogP contribution in [-0.2, 0) is 19.9 Å². The molecular weight excluding hydrogens is 394 g/mol. The summed E-state index contributed by atoms with van der Waals surface area (Å²) in [7, 11) is 0. The number of nitrogens with one attached hydrogen (secondary N) is 2. The summed E-state index contributed by atoms with van der Waals surface area (Å²) in [5.41, 5.74) is 0.641. The summed E-state index contributed by atoms with van der Waals surface area (Å²) >= 11 is 1.15. The number of imide groups is 1. The molecular formula is C20H21N3O5S. The fourth-order valence-electron chi connectivity index (χ4n) is 3.01. The van der Waals surface area contributed by atoms with Crippen molar-refractivity contribution in [2.75, 3.05) is 18.5 Å². The molecule has 9 heteroatoms. The number of amides is 4. The molecule has 2 aromatic rings. The number of anilines is 1. The first kappa shape index (κ1) is 20.5. The molecule has 29 heavy (non-hydrogen) atoms. The van der Waals surface area contributed by atoms with Crippen LogP contribution in [0.5, 0.6) is 0 Å². The van der Waals surface area contributed by atoms with Crippen molar-refractivity contribution in [1.29, 1.82) is 0 Å². The third kappa shape index (κ3) is 4.00. The largest absolute Gasteiger partial charge is 0.462 e. The van der Waals surface area contributed by atoms with Crippen LogP contribution in [0.25, 0.3) is 0 Å². The van der Waals surface area contributed by atoms with Crippen LogP contribution < -0.4 is 10.6 Å². The van der Waals surface area contributed by atoms with E-state index in [1.54, 1.807) is 37.4 Å². The second kappa shape index (κ2) is 8.04. The van der Waals surface area contributed by atoms with Gasteiger partial charge in [-0.25, -0.2) is 9.59 Å². The summed E-state index contributed by atoms with van der Waals surface area (Å²) in [6.45, 7) is 4.96. The minimum atomic E-state index is -1.25. The first-order valence-corrected chi connectivity index (χ1v) is 9.90. The molecule has 4 amide bonds. The Morgan fingerprint density at radius 1 is 1.21 bits per heavy atom. The molecule has 0 aliphatic carbocycles. The maximum atomic E-state index is 12.9. The zero-order chi connectivity index (χ0) is 21.2. The van der Waals surface area contributed by atoms with Crippen LogP contribution in [0, 0.1) is 6.92 Å². The number of carbonyl (C=O) groups excluding carboxylic acids is 4. The highest BCUT2D eigenvalue weighted by molar-refractivity contribution is 7.14. The van der Waals surface area contributed by atoms with Gasteiger partial charge in [0.05, 0.1) is 12.2 Å². The number of esters is 1. The van der Waals surface area contributed by atoms with Crippen molar-refractivity contribution in [2.45, 2.75) is 26.3 Å². The third-order valence-electron chi connectivity index (χ3n) is 4.62. The van der Waals surface area contributed by atoms with Crippen molar-refractivity contribution in [1.82, 2.24) is 10.2 Å². The first-order valence-electron chi connectivity index (χ1n) is 9.02. The number of aryl methyl sites for hydroxylation is 1. The highest BCUT2D eigenvalue weighted by Crippen LogP contribution is 2.29. The van der Waals surface area contributed by atoms with E-state index in [-0.39, 0.29) is 12.2 Å². The number of thiophene rings is 1. The number of benzene rings is 1. The van der Waals surface area contributed by atoms with E-state index in [2.05, 4.69) is 10.6 Å². The van der Waals surface area contributed by atoms with E-state index in [0.29, 0.717) is 10.6 Å². The number of hydrogen-bond donors (Lipinski definition) is 2. The van der Waals surface area contributed by atoms with Crippen LogP contribution in [0.3, 0.4) is 0 Å². The molecule has 0 unspecified atom stereocenters. The fourth-order valence-corrected chi connectivity index (χ4v) is 3.80. The summed E-state index contributed by atoms with van der Waals surface area (Å²) in [5.74, 6) is -1.65. The lowest BCUT2D eigenvalue weighted by molar-refractivity contribution is -0.133. The maximum absolute atomic E-state index is 12.9. The molecule has 0 saturated carbocycles. The zero-order valence-corrected chi connectivity index (χ0v) is 17.1. The Labute approximate surface area is 171 Å². The smallest absolute Gasteiger partial charge is 0.341 e. The maximum Gasteiger partial charge on any atom is 0.341 e. The van der Waals surface area contributed by atoms with Crippen LogP contribution in [0.15, 0.2) is 35.7 Å². The highest BCUT2D eigenvalue weighted by atomic mass is 32.1. The van der Waals surface area contributed by atoms with Gasteiger partial charge < -0.3 is 15.4 Å². The molecule has 1 aromatic carbocycles. The molecule has 1 saturated heterocycles. The fraction of sp³-hybridized carbons (Fsp3) is 0.300. The van der Waals surface area contributed by atoms with Crippen molar-refractivity contribution in [2.24, 2.45) is 0 Å². The molecule has 1 fully saturated rings. The van der Waals surface area contributed by atoms with Crippen molar-refractivity contribution >= 4 is 40.2 Å². The summed E-state index contributed by atoms with van der Waals surface area (Å²) in [6, 6.07) is 8.14. The van der Waals surface area contributed by atoms with Crippen molar-refractivity contribution in [3.63, 3.8) is 0 Å². The van der Waals surface area contributed by atoms with Gasteiger partial charge in [0.25, 0.3) is 5.91 Å². The van der Waals surface area contributed by atoms with E-state index < -0.39 is 35.9 Å². The Bertz CT molecular complexity index is 969. The van der Waals surface area contributed by atoms with Gasteiger partial charge in [0.15, 0.2) is 0 Å². The van der Waals surface area contributed by atoms with Gasteiger partial charge in [-0.15, -0.1) is 11.3 Å². The van der Waals surface area contributed by atoms with E-state index in [1.165, 1.54) is 0 Å². The summed E-state index contributed by atoms with van der Waals surface area (Å²) in [6.07, 6.45) is 0. The second-order valence-corrected chi connectivity index (χ2v) is 7.66. The van der Waals surface area contributed by atoms with Crippen molar-refractivity contribution in [3.8, 4) is 0 Å². The molecule has 8 nitrogen and oxygen atoms in total.